The molecule has 20 heavy (non-hydrogen) atoms. The number of nitrogens with zero attached hydrogens (tertiary/aromatic N) is 1. The van der Waals surface area contributed by atoms with Gasteiger partial charge in [0.1, 0.15) is 13.1 Å². The SMILES string of the molecule is O=C(O)CN(CC(F)(F)F)C(=O)NCCC1CCOC1. The lowest BCUT2D eigenvalue weighted by Crippen LogP contribution is -2.47. The van der Waals surface area contributed by atoms with Crippen LogP contribution in [0.2, 0.25) is 0 Å². The van der Waals surface area contributed by atoms with E-state index in [4.69, 9.17) is 9.84 Å². The average Bonchev–Trinajstić information content (AvgIpc) is 2.78. The second-order valence-electron chi connectivity index (χ2n) is 4.62. The largest absolute Gasteiger partial charge is 0.480 e. The molecule has 9 heteroatoms. The van der Waals surface area contributed by atoms with Crippen LogP contribution in [0.1, 0.15) is 12.8 Å². The minimum Gasteiger partial charge on any atom is -0.480 e. The lowest BCUT2D eigenvalue weighted by atomic mass is 10.1. The Balaban J connectivity index is 2.39. The van der Waals surface area contributed by atoms with Crippen molar-refractivity contribution < 1.29 is 32.6 Å². The highest BCUT2D eigenvalue weighted by atomic mass is 19.4. The summed E-state index contributed by atoms with van der Waals surface area (Å²) in [7, 11) is 0. The molecule has 0 aromatic carbocycles. The number of halogens is 3. The van der Waals surface area contributed by atoms with Crippen LogP contribution in [0.15, 0.2) is 0 Å². The molecule has 1 fully saturated rings. The van der Waals surface area contributed by atoms with Crippen molar-refractivity contribution in [3.8, 4) is 0 Å². The summed E-state index contributed by atoms with van der Waals surface area (Å²) < 4.78 is 41.9. The highest BCUT2D eigenvalue weighted by Crippen LogP contribution is 2.17. The molecule has 1 unspecified atom stereocenters. The molecule has 0 aromatic heterocycles. The Hall–Kier alpha value is -1.51. The van der Waals surface area contributed by atoms with Crippen molar-refractivity contribution in [1.29, 1.82) is 0 Å². The lowest BCUT2D eigenvalue weighted by Gasteiger charge is -2.22. The summed E-state index contributed by atoms with van der Waals surface area (Å²) in [5.74, 6) is -1.21. The molecule has 1 atom stereocenters. The van der Waals surface area contributed by atoms with Gasteiger partial charge < -0.3 is 20.1 Å². The first-order chi connectivity index (χ1) is 9.28. The number of hydrogen-bond donors (Lipinski definition) is 2. The monoisotopic (exact) mass is 298 g/mol. The molecule has 0 saturated carbocycles. The van der Waals surface area contributed by atoms with Crippen LogP contribution in [0.25, 0.3) is 0 Å². The number of rotatable bonds is 6. The Morgan fingerprint density at radius 3 is 2.60 bits per heavy atom. The molecule has 116 valence electrons. The van der Waals surface area contributed by atoms with E-state index in [1.54, 1.807) is 0 Å². The van der Waals surface area contributed by atoms with E-state index >= 15 is 0 Å². The van der Waals surface area contributed by atoms with E-state index in [1.165, 1.54) is 0 Å². The number of aliphatic carboxylic acids is 1. The third-order valence-corrected chi connectivity index (χ3v) is 2.84. The van der Waals surface area contributed by atoms with Crippen LogP contribution in [-0.2, 0) is 9.53 Å². The van der Waals surface area contributed by atoms with Crippen molar-refractivity contribution >= 4 is 12.0 Å². The number of alkyl halides is 3. The van der Waals surface area contributed by atoms with Gasteiger partial charge in [0.15, 0.2) is 0 Å². The Morgan fingerprint density at radius 2 is 2.10 bits per heavy atom. The fraction of sp³-hybridized carbons (Fsp3) is 0.818. The van der Waals surface area contributed by atoms with Gasteiger partial charge in [-0.15, -0.1) is 0 Å². The van der Waals surface area contributed by atoms with Gasteiger partial charge in [0.2, 0.25) is 0 Å². The van der Waals surface area contributed by atoms with E-state index in [2.05, 4.69) is 5.32 Å². The summed E-state index contributed by atoms with van der Waals surface area (Å²) in [6, 6.07) is -1.02. The number of amides is 2. The topological polar surface area (TPSA) is 78.9 Å². The van der Waals surface area contributed by atoms with Crippen molar-refractivity contribution in [2.45, 2.75) is 19.0 Å². The van der Waals surface area contributed by atoms with Crippen LogP contribution in [0.5, 0.6) is 0 Å². The van der Waals surface area contributed by atoms with Crippen molar-refractivity contribution in [2.75, 3.05) is 32.8 Å². The molecule has 0 aromatic rings. The average molecular weight is 298 g/mol. The first kappa shape index (κ1) is 16.5. The first-order valence-corrected chi connectivity index (χ1v) is 6.17. The van der Waals surface area contributed by atoms with Gasteiger partial charge in [-0.25, -0.2) is 4.79 Å². The van der Waals surface area contributed by atoms with Crippen molar-refractivity contribution in [1.82, 2.24) is 10.2 Å². The van der Waals surface area contributed by atoms with Crippen molar-refractivity contribution in [3.63, 3.8) is 0 Å². The van der Waals surface area contributed by atoms with Crippen LogP contribution >= 0.6 is 0 Å². The van der Waals surface area contributed by atoms with Crippen molar-refractivity contribution in [3.05, 3.63) is 0 Å². The van der Waals surface area contributed by atoms with Crippen molar-refractivity contribution in [2.24, 2.45) is 5.92 Å². The molecule has 1 rings (SSSR count). The second kappa shape index (κ2) is 7.32. The van der Waals surface area contributed by atoms with Crippen LogP contribution in [-0.4, -0.2) is 61.0 Å². The Bertz CT molecular complexity index is 343. The number of carbonyl (C=O) groups excluding carboxylic acids is 1. The van der Waals surface area contributed by atoms with E-state index in [0.717, 1.165) is 6.42 Å². The van der Waals surface area contributed by atoms with Gasteiger partial charge in [0.25, 0.3) is 0 Å². The van der Waals surface area contributed by atoms with Crippen LogP contribution < -0.4 is 5.32 Å². The predicted octanol–water partition coefficient (Wildman–Crippen LogP) is 1.07. The number of hydrogen-bond acceptors (Lipinski definition) is 3. The van der Waals surface area contributed by atoms with Crippen LogP contribution in [0, 0.1) is 5.92 Å². The summed E-state index contributed by atoms with van der Waals surface area (Å²) in [4.78, 5) is 22.3. The molecule has 2 N–H and O–H groups in total. The number of carboxylic acid groups (broad SMARTS) is 1. The molecule has 1 aliphatic heterocycles. The standard InChI is InChI=1S/C11H17F3N2O4/c12-11(13,14)7-16(5-9(17)18)10(19)15-3-1-8-2-4-20-6-8/h8H,1-7H2,(H,15,19)(H,17,18). The molecule has 6 nitrogen and oxygen atoms in total. The molecule has 0 radical (unpaired) electrons. The van der Waals surface area contributed by atoms with Gasteiger partial charge in [-0.1, -0.05) is 0 Å². The smallest absolute Gasteiger partial charge is 0.406 e. The quantitative estimate of drug-likeness (QED) is 0.769. The molecule has 1 aliphatic rings. The summed E-state index contributed by atoms with van der Waals surface area (Å²) in [6.45, 7) is -1.15. The number of urea groups is 1. The number of ether oxygens (including phenoxy) is 1. The summed E-state index contributed by atoms with van der Waals surface area (Å²) in [5.41, 5.74) is 0. The fourth-order valence-electron chi connectivity index (χ4n) is 1.89. The lowest BCUT2D eigenvalue weighted by molar-refractivity contribution is -0.148. The zero-order valence-corrected chi connectivity index (χ0v) is 10.8. The Kier molecular flexibility index (Phi) is 6.05. The second-order valence-corrected chi connectivity index (χ2v) is 4.62. The molecule has 0 bridgehead atoms. The summed E-state index contributed by atoms with van der Waals surface area (Å²) >= 11 is 0. The van der Waals surface area contributed by atoms with Gasteiger partial charge in [0.05, 0.1) is 0 Å². The number of carbonyl (C=O) groups is 2. The van der Waals surface area contributed by atoms with E-state index in [9.17, 15) is 22.8 Å². The Morgan fingerprint density at radius 1 is 1.40 bits per heavy atom. The van der Waals surface area contributed by atoms with Crippen LogP contribution in [0.3, 0.4) is 0 Å². The zero-order chi connectivity index (χ0) is 15.2. The summed E-state index contributed by atoms with van der Waals surface area (Å²) in [5, 5.41) is 10.8. The molecular weight excluding hydrogens is 281 g/mol. The van der Waals surface area contributed by atoms with Gasteiger partial charge >= 0.3 is 18.2 Å². The van der Waals surface area contributed by atoms with Gasteiger partial charge in [0, 0.05) is 19.8 Å². The molecule has 0 aliphatic carbocycles. The third kappa shape index (κ3) is 6.60. The van der Waals surface area contributed by atoms with Gasteiger partial charge in [-0.3, -0.25) is 4.79 Å². The van der Waals surface area contributed by atoms with E-state index < -0.39 is 31.3 Å². The molecular formula is C11H17F3N2O4. The Labute approximate surface area is 113 Å². The van der Waals surface area contributed by atoms with E-state index in [-0.39, 0.29) is 17.4 Å². The summed E-state index contributed by atoms with van der Waals surface area (Å²) in [6.07, 6.45) is -3.18. The van der Waals surface area contributed by atoms with E-state index in [1.807, 2.05) is 0 Å². The molecule has 0 spiro atoms. The maximum absolute atomic E-state index is 12.3. The number of carboxylic acids is 1. The number of nitrogens with one attached hydrogen (secondary N) is 1. The highest BCUT2D eigenvalue weighted by molar-refractivity contribution is 5.80. The molecule has 1 saturated heterocycles. The normalized spacial score (nSPS) is 18.9. The van der Waals surface area contributed by atoms with Gasteiger partial charge in [-0.05, 0) is 18.8 Å². The third-order valence-electron chi connectivity index (χ3n) is 2.84. The predicted molar refractivity (Wildman–Crippen MR) is 62.2 cm³/mol. The minimum atomic E-state index is -4.63. The van der Waals surface area contributed by atoms with E-state index in [0.29, 0.717) is 19.6 Å². The molecule has 1 heterocycles. The minimum absolute atomic E-state index is 0.195. The maximum atomic E-state index is 12.3. The fourth-order valence-corrected chi connectivity index (χ4v) is 1.89. The van der Waals surface area contributed by atoms with Gasteiger partial charge in [-0.2, -0.15) is 13.2 Å². The molecule has 2 amide bonds. The van der Waals surface area contributed by atoms with Crippen LogP contribution in [0.4, 0.5) is 18.0 Å². The zero-order valence-electron chi connectivity index (χ0n) is 10.8. The first-order valence-electron chi connectivity index (χ1n) is 6.17. The highest BCUT2D eigenvalue weighted by Gasteiger charge is 2.34. The maximum Gasteiger partial charge on any atom is 0.406 e.